The lowest BCUT2D eigenvalue weighted by molar-refractivity contribution is 0.00578. The van der Waals surface area contributed by atoms with Crippen LogP contribution in [0, 0.1) is 5.82 Å². The Labute approximate surface area is 140 Å². The molecule has 2 heterocycles. The van der Waals surface area contributed by atoms with E-state index in [1.54, 1.807) is 12.1 Å². The van der Waals surface area contributed by atoms with Crippen molar-refractivity contribution in [1.29, 1.82) is 0 Å². The average molecular weight is 338 g/mol. The SMILES string of the molecule is COc1cc2ccc(F)c(Cl)c2c(B2OC(C)(C)C(C)(C)O2)n1. The third kappa shape index (κ3) is 2.59. The molecular weight excluding hydrogens is 319 g/mol. The maximum absolute atomic E-state index is 13.9. The van der Waals surface area contributed by atoms with Gasteiger partial charge in [0.2, 0.25) is 5.88 Å². The van der Waals surface area contributed by atoms with Gasteiger partial charge in [-0.1, -0.05) is 17.7 Å². The summed E-state index contributed by atoms with van der Waals surface area (Å²) in [6.45, 7) is 7.77. The highest BCUT2D eigenvalue weighted by Crippen LogP contribution is 2.37. The van der Waals surface area contributed by atoms with E-state index in [0.717, 1.165) is 0 Å². The molecule has 3 rings (SSSR count). The van der Waals surface area contributed by atoms with Gasteiger partial charge in [0.1, 0.15) is 5.82 Å². The summed E-state index contributed by atoms with van der Waals surface area (Å²) in [6.07, 6.45) is 0. The number of aromatic nitrogens is 1. The summed E-state index contributed by atoms with van der Waals surface area (Å²) in [5, 5.41) is 1.20. The Morgan fingerprint density at radius 3 is 2.35 bits per heavy atom. The van der Waals surface area contributed by atoms with E-state index in [1.165, 1.54) is 13.2 Å². The van der Waals surface area contributed by atoms with Gasteiger partial charge in [-0.2, -0.15) is 0 Å². The molecule has 0 radical (unpaired) electrons. The second-order valence-electron chi connectivity index (χ2n) is 6.60. The van der Waals surface area contributed by atoms with Gasteiger partial charge in [0.15, 0.2) is 0 Å². The molecule has 122 valence electrons. The van der Waals surface area contributed by atoms with Crippen LogP contribution in [0.25, 0.3) is 10.8 Å². The second-order valence-corrected chi connectivity index (χ2v) is 6.98. The van der Waals surface area contributed by atoms with Gasteiger partial charge in [0, 0.05) is 11.5 Å². The summed E-state index contributed by atoms with van der Waals surface area (Å²) in [6, 6.07) is 4.66. The fourth-order valence-corrected chi connectivity index (χ4v) is 2.78. The average Bonchev–Trinajstić information content (AvgIpc) is 2.70. The predicted molar refractivity (Wildman–Crippen MR) is 89.0 cm³/mol. The van der Waals surface area contributed by atoms with Crippen LogP contribution in [-0.2, 0) is 9.31 Å². The smallest absolute Gasteiger partial charge is 0.481 e. The maximum atomic E-state index is 13.9. The molecule has 1 aromatic carbocycles. The fourth-order valence-electron chi connectivity index (χ4n) is 2.52. The molecule has 0 saturated carbocycles. The highest BCUT2D eigenvalue weighted by Gasteiger charge is 2.53. The normalized spacial score (nSPS) is 19.3. The van der Waals surface area contributed by atoms with Crippen LogP contribution < -0.4 is 10.3 Å². The summed E-state index contributed by atoms with van der Waals surface area (Å²) in [5.74, 6) is -0.117. The molecule has 1 aromatic heterocycles. The first-order valence-electron chi connectivity index (χ1n) is 7.34. The predicted octanol–water partition coefficient (Wildman–Crippen LogP) is 3.34. The van der Waals surface area contributed by atoms with Gasteiger partial charge < -0.3 is 14.0 Å². The molecule has 1 fully saturated rings. The zero-order valence-electron chi connectivity index (χ0n) is 13.7. The fraction of sp³-hybridized carbons (Fsp3) is 0.438. The number of benzene rings is 1. The lowest BCUT2D eigenvalue weighted by Gasteiger charge is -2.32. The molecule has 0 spiro atoms. The molecular formula is C16H18BClFNO3. The summed E-state index contributed by atoms with van der Waals surface area (Å²) < 4.78 is 31.2. The number of pyridine rings is 1. The number of hydrogen-bond acceptors (Lipinski definition) is 4. The summed E-state index contributed by atoms with van der Waals surface area (Å²) in [7, 11) is 0.768. The van der Waals surface area contributed by atoms with E-state index in [2.05, 4.69) is 4.98 Å². The molecule has 4 nitrogen and oxygen atoms in total. The van der Waals surface area contributed by atoms with E-state index in [-0.39, 0.29) is 5.02 Å². The van der Waals surface area contributed by atoms with E-state index in [1.807, 2.05) is 27.7 Å². The van der Waals surface area contributed by atoms with Crippen molar-refractivity contribution in [3.63, 3.8) is 0 Å². The number of hydrogen-bond donors (Lipinski definition) is 0. The summed E-state index contributed by atoms with van der Waals surface area (Å²) in [4.78, 5) is 4.41. The van der Waals surface area contributed by atoms with E-state index in [0.29, 0.717) is 22.2 Å². The second kappa shape index (κ2) is 5.33. The van der Waals surface area contributed by atoms with Crippen LogP contribution >= 0.6 is 11.6 Å². The van der Waals surface area contributed by atoms with Crippen molar-refractivity contribution < 1.29 is 18.4 Å². The van der Waals surface area contributed by atoms with Crippen LogP contribution in [0.3, 0.4) is 0 Å². The third-order valence-electron chi connectivity index (χ3n) is 4.58. The Hall–Kier alpha value is -1.37. The van der Waals surface area contributed by atoms with Crippen molar-refractivity contribution in [2.75, 3.05) is 7.11 Å². The Bertz CT molecular complexity index is 765. The number of methoxy groups -OCH3 is 1. The van der Waals surface area contributed by atoms with Crippen LogP contribution in [0.2, 0.25) is 5.02 Å². The van der Waals surface area contributed by atoms with Crippen LogP contribution in [0.4, 0.5) is 4.39 Å². The first-order valence-corrected chi connectivity index (χ1v) is 7.72. The maximum Gasteiger partial charge on any atom is 0.515 e. The number of rotatable bonds is 2. The van der Waals surface area contributed by atoms with Gasteiger partial charge >= 0.3 is 7.12 Å². The standard InChI is InChI=1S/C16H18BClFNO3/c1-15(2)16(3,4)23-17(22-15)14-12-9(8-11(20-14)21-5)6-7-10(19)13(12)18/h6-8H,1-5H3. The van der Waals surface area contributed by atoms with E-state index >= 15 is 0 Å². The van der Waals surface area contributed by atoms with Crippen molar-refractivity contribution in [2.24, 2.45) is 0 Å². The first kappa shape index (κ1) is 16.5. The van der Waals surface area contributed by atoms with Gasteiger partial charge in [-0.3, -0.25) is 0 Å². The molecule has 1 aliphatic rings. The number of halogens is 2. The van der Waals surface area contributed by atoms with Crippen LogP contribution in [0.15, 0.2) is 18.2 Å². The highest BCUT2D eigenvalue weighted by atomic mass is 35.5. The largest absolute Gasteiger partial charge is 0.515 e. The molecule has 1 aliphatic heterocycles. The lowest BCUT2D eigenvalue weighted by atomic mass is 9.81. The monoisotopic (exact) mass is 337 g/mol. The zero-order chi connectivity index (χ0) is 17.0. The number of ether oxygens (including phenoxy) is 1. The molecule has 7 heteroatoms. The van der Waals surface area contributed by atoms with Crippen LogP contribution in [-0.4, -0.2) is 30.4 Å². The Morgan fingerprint density at radius 2 is 1.78 bits per heavy atom. The van der Waals surface area contributed by atoms with Crippen LogP contribution in [0.5, 0.6) is 5.88 Å². The number of nitrogens with zero attached hydrogens (tertiary/aromatic N) is 1. The third-order valence-corrected chi connectivity index (χ3v) is 4.95. The van der Waals surface area contributed by atoms with E-state index in [9.17, 15) is 4.39 Å². The summed E-state index contributed by atoms with van der Waals surface area (Å²) in [5.41, 5.74) is -0.647. The van der Waals surface area contributed by atoms with Gasteiger partial charge in [0.25, 0.3) is 0 Å². The van der Waals surface area contributed by atoms with Gasteiger partial charge in [-0.25, -0.2) is 9.37 Å². The van der Waals surface area contributed by atoms with Crippen LogP contribution in [0.1, 0.15) is 27.7 Å². The first-order chi connectivity index (χ1) is 10.7. The Balaban J connectivity index is 2.23. The van der Waals surface area contributed by atoms with Crippen molar-refractivity contribution in [1.82, 2.24) is 4.98 Å². The molecule has 2 aromatic rings. The Morgan fingerprint density at radius 1 is 1.17 bits per heavy atom. The van der Waals surface area contributed by atoms with Crippen molar-refractivity contribution in [3.05, 3.63) is 29.0 Å². The summed E-state index contributed by atoms with van der Waals surface area (Å²) >= 11 is 6.18. The van der Waals surface area contributed by atoms with Gasteiger partial charge in [-0.15, -0.1) is 0 Å². The molecule has 0 amide bonds. The zero-order valence-corrected chi connectivity index (χ0v) is 14.5. The molecule has 1 saturated heterocycles. The molecule has 0 atom stereocenters. The van der Waals surface area contributed by atoms with Crippen molar-refractivity contribution in [2.45, 2.75) is 38.9 Å². The van der Waals surface area contributed by atoms with Crippen molar-refractivity contribution in [3.8, 4) is 5.88 Å². The van der Waals surface area contributed by atoms with Gasteiger partial charge in [-0.05, 0) is 39.1 Å². The van der Waals surface area contributed by atoms with E-state index < -0.39 is 24.1 Å². The molecule has 0 unspecified atom stereocenters. The molecule has 0 bridgehead atoms. The molecule has 23 heavy (non-hydrogen) atoms. The quantitative estimate of drug-likeness (QED) is 0.788. The van der Waals surface area contributed by atoms with E-state index in [4.69, 9.17) is 25.6 Å². The van der Waals surface area contributed by atoms with Crippen molar-refractivity contribution >= 4 is 35.1 Å². The molecule has 0 N–H and O–H groups in total. The minimum atomic E-state index is -0.753. The van der Waals surface area contributed by atoms with Gasteiger partial charge in [0.05, 0.1) is 28.9 Å². The highest BCUT2D eigenvalue weighted by molar-refractivity contribution is 6.65. The number of fused-ring (bicyclic) bond motifs is 1. The molecule has 0 aliphatic carbocycles. The topological polar surface area (TPSA) is 40.6 Å². The Kier molecular flexibility index (Phi) is 3.82. The lowest BCUT2D eigenvalue weighted by Crippen LogP contribution is -2.41. The minimum absolute atomic E-state index is 0.00219. The minimum Gasteiger partial charge on any atom is -0.481 e.